The third-order valence-electron chi connectivity index (χ3n) is 3.09. The largest absolute Gasteiger partial charge is 0.481 e. The highest BCUT2D eigenvalue weighted by atomic mass is 16.4. The van der Waals surface area contributed by atoms with Crippen molar-refractivity contribution in [2.24, 2.45) is 0 Å². The standard InChI is InChI=1S/C14H23N3O3/c1-10(5-4-6-14(19)20)15-13(18)7-8-17-12(3)9-11(2)16-17/h9-10H,4-8H2,1-3H3,(H,15,18)(H,19,20). The molecule has 6 heteroatoms. The highest BCUT2D eigenvalue weighted by molar-refractivity contribution is 5.76. The molecule has 1 rings (SSSR count). The van der Waals surface area contributed by atoms with Crippen LogP contribution in [0, 0.1) is 13.8 Å². The minimum absolute atomic E-state index is 0.00213. The quantitative estimate of drug-likeness (QED) is 0.759. The van der Waals surface area contributed by atoms with Gasteiger partial charge in [-0.25, -0.2) is 0 Å². The van der Waals surface area contributed by atoms with Crippen LogP contribution in [0.2, 0.25) is 0 Å². The molecule has 1 unspecified atom stereocenters. The molecule has 6 nitrogen and oxygen atoms in total. The molecule has 0 fully saturated rings. The lowest BCUT2D eigenvalue weighted by molar-refractivity contribution is -0.137. The Hall–Kier alpha value is -1.85. The number of hydrogen-bond acceptors (Lipinski definition) is 3. The number of amides is 1. The van der Waals surface area contributed by atoms with E-state index in [0.29, 0.717) is 25.8 Å². The molecule has 1 aromatic rings. The van der Waals surface area contributed by atoms with E-state index in [2.05, 4.69) is 10.4 Å². The number of carbonyl (C=O) groups excluding carboxylic acids is 1. The van der Waals surface area contributed by atoms with E-state index < -0.39 is 5.97 Å². The van der Waals surface area contributed by atoms with Gasteiger partial charge in [0, 0.05) is 31.1 Å². The molecule has 1 heterocycles. The van der Waals surface area contributed by atoms with Gasteiger partial charge in [0.15, 0.2) is 0 Å². The Bertz CT molecular complexity index is 468. The zero-order valence-corrected chi connectivity index (χ0v) is 12.3. The second-order valence-electron chi connectivity index (χ2n) is 5.15. The smallest absolute Gasteiger partial charge is 0.303 e. The van der Waals surface area contributed by atoms with Crippen LogP contribution in [-0.2, 0) is 16.1 Å². The van der Waals surface area contributed by atoms with E-state index in [4.69, 9.17) is 5.11 Å². The molecule has 1 aromatic heterocycles. The predicted molar refractivity (Wildman–Crippen MR) is 75.4 cm³/mol. The van der Waals surface area contributed by atoms with Gasteiger partial charge in [0.2, 0.25) is 5.91 Å². The van der Waals surface area contributed by atoms with E-state index in [0.717, 1.165) is 11.4 Å². The van der Waals surface area contributed by atoms with Crippen molar-refractivity contribution in [3.8, 4) is 0 Å². The molecular formula is C14H23N3O3. The molecule has 112 valence electrons. The summed E-state index contributed by atoms with van der Waals surface area (Å²) in [6, 6.07) is 1.98. The van der Waals surface area contributed by atoms with Gasteiger partial charge >= 0.3 is 5.97 Å². The van der Waals surface area contributed by atoms with Gasteiger partial charge in [-0.15, -0.1) is 0 Å². The van der Waals surface area contributed by atoms with Crippen molar-refractivity contribution in [1.29, 1.82) is 0 Å². The van der Waals surface area contributed by atoms with E-state index in [9.17, 15) is 9.59 Å². The number of nitrogens with zero attached hydrogens (tertiary/aromatic N) is 2. The summed E-state index contributed by atoms with van der Waals surface area (Å²) in [6.45, 7) is 6.34. The van der Waals surface area contributed by atoms with Gasteiger partial charge in [-0.2, -0.15) is 5.10 Å². The average molecular weight is 281 g/mol. The van der Waals surface area contributed by atoms with Crippen LogP contribution in [0.1, 0.15) is 44.0 Å². The van der Waals surface area contributed by atoms with Crippen molar-refractivity contribution in [3.63, 3.8) is 0 Å². The molecule has 0 aliphatic carbocycles. The average Bonchev–Trinajstić information content (AvgIpc) is 2.64. The maximum absolute atomic E-state index is 11.8. The minimum Gasteiger partial charge on any atom is -0.481 e. The summed E-state index contributed by atoms with van der Waals surface area (Å²) in [5, 5.41) is 15.7. The predicted octanol–water partition coefficient (Wildman–Crippen LogP) is 1.65. The van der Waals surface area contributed by atoms with Gasteiger partial charge < -0.3 is 10.4 Å². The topological polar surface area (TPSA) is 84.2 Å². The maximum Gasteiger partial charge on any atom is 0.303 e. The Morgan fingerprint density at radius 3 is 2.65 bits per heavy atom. The molecule has 0 saturated heterocycles. The summed E-state index contributed by atoms with van der Waals surface area (Å²) in [6.07, 6.45) is 1.78. The summed E-state index contributed by atoms with van der Waals surface area (Å²) < 4.78 is 1.82. The highest BCUT2D eigenvalue weighted by Gasteiger charge is 2.09. The number of carbonyl (C=O) groups is 2. The van der Waals surface area contributed by atoms with Crippen molar-refractivity contribution < 1.29 is 14.7 Å². The second-order valence-corrected chi connectivity index (χ2v) is 5.15. The molecule has 1 amide bonds. The molecule has 0 aliphatic heterocycles. The Kier molecular flexibility index (Phi) is 6.21. The van der Waals surface area contributed by atoms with Gasteiger partial charge in [0.05, 0.1) is 5.69 Å². The monoisotopic (exact) mass is 281 g/mol. The van der Waals surface area contributed by atoms with Crippen molar-refractivity contribution in [2.75, 3.05) is 0 Å². The number of carboxylic acids is 1. The first-order valence-electron chi connectivity index (χ1n) is 6.90. The maximum atomic E-state index is 11.8. The van der Waals surface area contributed by atoms with E-state index in [-0.39, 0.29) is 18.4 Å². The van der Waals surface area contributed by atoms with Crippen LogP contribution in [0.25, 0.3) is 0 Å². The Labute approximate surface area is 119 Å². The van der Waals surface area contributed by atoms with E-state index in [1.54, 1.807) is 0 Å². The SMILES string of the molecule is Cc1cc(C)n(CCC(=O)NC(C)CCCC(=O)O)n1. The van der Waals surface area contributed by atoms with Crippen molar-refractivity contribution in [1.82, 2.24) is 15.1 Å². The highest BCUT2D eigenvalue weighted by Crippen LogP contribution is 2.04. The number of carboxylic acid groups (broad SMARTS) is 1. The van der Waals surface area contributed by atoms with Crippen molar-refractivity contribution in [3.05, 3.63) is 17.5 Å². The number of hydrogen-bond donors (Lipinski definition) is 2. The summed E-state index contributed by atoms with van der Waals surface area (Å²) in [7, 11) is 0. The zero-order chi connectivity index (χ0) is 15.1. The van der Waals surface area contributed by atoms with Crippen LogP contribution < -0.4 is 5.32 Å². The van der Waals surface area contributed by atoms with Gasteiger partial charge in [-0.1, -0.05) is 0 Å². The number of aliphatic carboxylic acids is 1. The molecule has 0 aromatic carbocycles. The molecule has 2 N–H and O–H groups in total. The summed E-state index contributed by atoms with van der Waals surface area (Å²) in [5.41, 5.74) is 2.00. The first-order chi connectivity index (χ1) is 9.38. The molecule has 0 saturated carbocycles. The van der Waals surface area contributed by atoms with Gasteiger partial charge in [-0.05, 0) is 39.7 Å². The Morgan fingerprint density at radius 1 is 1.40 bits per heavy atom. The van der Waals surface area contributed by atoms with E-state index in [1.165, 1.54) is 0 Å². The van der Waals surface area contributed by atoms with Crippen LogP contribution in [0.15, 0.2) is 6.07 Å². The third kappa shape index (κ3) is 5.86. The van der Waals surface area contributed by atoms with Crippen molar-refractivity contribution >= 4 is 11.9 Å². The van der Waals surface area contributed by atoms with Gasteiger partial charge in [0.25, 0.3) is 0 Å². The fourth-order valence-electron chi connectivity index (χ4n) is 2.09. The second kappa shape index (κ2) is 7.67. The first-order valence-corrected chi connectivity index (χ1v) is 6.90. The van der Waals surface area contributed by atoms with E-state index >= 15 is 0 Å². The number of aromatic nitrogens is 2. The normalized spacial score (nSPS) is 12.2. The van der Waals surface area contributed by atoms with Crippen LogP contribution in [0.4, 0.5) is 0 Å². The Balaban J connectivity index is 2.26. The summed E-state index contributed by atoms with van der Waals surface area (Å²) in [4.78, 5) is 22.2. The minimum atomic E-state index is -0.798. The van der Waals surface area contributed by atoms with Gasteiger partial charge in [0.1, 0.15) is 0 Å². The summed E-state index contributed by atoms with van der Waals surface area (Å²) >= 11 is 0. The van der Waals surface area contributed by atoms with E-state index in [1.807, 2.05) is 31.5 Å². The van der Waals surface area contributed by atoms with Crippen LogP contribution in [0.3, 0.4) is 0 Å². The number of nitrogens with one attached hydrogen (secondary N) is 1. The molecule has 0 spiro atoms. The van der Waals surface area contributed by atoms with Crippen LogP contribution in [0.5, 0.6) is 0 Å². The summed E-state index contributed by atoms with van der Waals surface area (Å²) in [5.74, 6) is -0.826. The molecule has 0 bridgehead atoms. The first kappa shape index (κ1) is 16.2. The molecule has 0 radical (unpaired) electrons. The lowest BCUT2D eigenvalue weighted by Crippen LogP contribution is -2.33. The number of rotatable bonds is 8. The third-order valence-corrected chi connectivity index (χ3v) is 3.09. The molecule has 0 aliphatic rings. The molecule has 20 heavy (non-hydrogen) atoms. The van der Waals surface area contributed by atoms with Crippen LogP contribution in [-0.4, -0.2) is 32.8 Å². The number of aryl methyl sites for hydroxylation is 3. The van der Waals surface area contributed by atoms with Crippen LogP contribution >= 0.6 is 0 Å². The molecular weight excluding hydrogens is 258 g/mol. The zero-order valence-electron chi connectivity index (χ0n) is 12.3. The fourth-order valence-corrected chi connectivity index (χ4v) is 2.09. The van der Waals surface area contributed by atoms with Gasteiger partial charge in [-0.3, -0.25) is 14.3 Å². The van der Waals surface area contributed by atoms with Crippen molar-refractivity contribution in [2.45, 2.75) is 59.0 Å². The lowest BCUT2D eigenvalue weighted by atomic mass is 10.1. The molecule has 1 atom stereocenters. The lowest BCUT2D eigenvalue weighted by Gasteiger charge is -2.13. The Morgan fingerprint density at radius 2 is 2.10 bits per heavy atom. The fraction of sp³-hybridized carbons (Fsp3) is 0.643.